The number of carbonyl (C=O) groups is 1. The molecule has 100 valence electrons. The zero-order valence-corrected chi connectivity index (χ0v) is 9.75. The van der Waals surface area contributed by atoms with Crippen molar-refractivity contribution >= 4 is 5.97 Å². The van der Waals surface area contributed by atoms with E-state index in [4.69, 9.17) is 5.73 Å². The van der Waals surface area contributed by atoms with Crippen LogP contribution in [0.4, 0.5) is 13.2 Å². The van der Waals surface area contributed by atoms with Gasteiger partial charge in [-0.2, -0.15) is 0 Å². The molecule has 1 aromatic heterocycles. The summed E-state index contributed by atoms with van der Waals surface area (Å²) in [7, 11) is 0. The Balaban J connectivity index is 3.04. The monoisotopic (exact) mass is 262 g/mol. The number of aromatic nitrogens is 1. The summed E-state index contributed by atoms with van der Waals surface area (Å²) >= 11 is 0. The molecule has 4 nitrogen and oxygen atoms in total. The third kappa shape index (κ3) is 3.43. The number of esters is 1. The molecule has 7 heteroatoms. The van der Waals surface area contributed by atoms with Crippen LogP contribution in [0.2, 0.25) is 0 Å². The summed E-state index contributed by atoms with van der Waals surface area (Å²) < 4.78 is 43.2. The van der Waals surface area contributed by atoms with E-state index in [-0.39, 0.29) is 24.5 Å². The molecule has 0 radical (unpaired) electrons. The van der Waals surface area contributed by atoms with Crippen molar-refractivity contribution in [1.29, 1.82) is 0 Å². The van der Waals surface area contributed by atoms with Crippen molar-refractivity contribution in [2.24, 2.45) is 5.73 Å². The molecule has 0 aromatic carbocycles. The maximum absolute atomic E-state index is 13.5. The van der Waals surface area contributed by atoms with Crippen molar-refractivity contribution in [3.8, 4) is 0 Å². The average molecular weight is 262 g/mol. The first-order valence-corrected chi connectivity index (χ1v) is 5.31. The Kier molecular flexibility index (Phi) is 5.08. The van der Waals surface area contributed by atoms with Gasteiger partial charge in [-0.1, -0.05) is 0 Å². The van der Waals surface area contributed by atoms with E-state index in [1.807, 2.05) is 0 Å². The standard InChI is InChI=1S/C11H13F3N2O2/c1-2-18-10(17)4-8-7(12)3-6(11(13)14)9(5-15)16-8/h3,11H,2,4-5,15H2,1H3. The molecule has 0 amide bonds. The fourth-order valence-corrected chi connectivity index (χ4v) is 1.41. The number of ether oxygens (including phenoxy) is 1. The minimum absolute atomic E-state index is 0.120. The van der Waals surface area contributed by atoms with Gasteiger partial charge in [-0.3, -0.25) is 9.78 Å². The number of hydrogen-bond acceptors (Lipinski definition) is 4. The first kappa shape index (κ1) is 14.4. The maximum atomic E-state index is 13.5. The predicted molar refractivity (Wildman–Crippen MR) is 57.4 cm³/mol. The van der Waals surface area contributed by atoms with Gasteiger partial charge in [0.05, 0.1) is 24.4 Å². The Morgan fingerprint density at radius 2 is 2.17 bits per heavy atom. The highest BCUT2D eigenvalue weighted by Gasteiger charge is 2.19. The molecule has 1 aromatic rings. The zero-order chi connectivity index (χ0) is 13.7. The number of halogens is 3. The lowest BCUT2D eigenvalue weighted by Crippen LogP contribution is -2.14. The van der Waals surface area contributed by atoms with Gasteiger partial charge < -0.3 is 10.5 Å². The van der Waals surface area contributed by atoms with Crippen molar-refractivity contribution < 1.29 is 22.7 Å². The quantitative estimate of drug-likeness (QED) is 0.820. The first-order chi connectivity index (χ1) is 8.49. The molecule has 0 aliphatic carbocycles. The normalized spacial score (nSPS) is 10.8. The molecular weight excluding hydrogens is 249 g/mol. The molecular formula is C11H13F3N2O2. The van der Waals surface area contributed by atoms with Crippen LogP contribution in [0.15, 0.2) is 6.07 Å². The molecule has 0 unspecified atom stereocenters. The topological polar surface area (TPSA) is 65.2 Å². The molecule has 0 atom stereocenters. The van der Waals surface area contributed by atoms with Crippen LogP contribution in [-0.4, -0.2) is 17.6 Å². The summed E-state index contributed by atoms with van der Waals surface area (Å²) in [5.74, 6) is -1.63. The molecule has 0 bridgehead atoms. The van der Waals surface area contributed by atoms with Crippen LogP contribution in [0.3, 0.4) is 0 Å². The van der Waals surface area contributed by atoms with Crippen LogP contribution in [0, 0.1) is 5.82 Å². The Bertz CT molecular complexity index is 439. The van der Waals surface area contributed by atoms with Gasteiger partial charge >= 0.3 is 5.97 Å². The van der Waals surface area contributed by atoms with Crippen LogP contribution < -0.4 is 5.73 Å². The summed E-state index contributed by atoms with van der Waals surface area (Å²) in [4.78, 5) is 14.8. The van der Waals surface area contributed by atoms with E-state index in [2.05, 4.69) is 9.72 Å². The third-order valence-corrected chi connectivity index (χ3v) is 2.21. The van der Waals surface area contributed by atoms with Gasteiger partial charge in [0.25, 0.3) is 6.43 Å². The van der Waals surface area contributed by atoms with Gasteiger partial charge in [0.1, 0.15) is 5.82 Å². The Labute approximate surface area is 102 Å². The van der Waals surface area contributed by atoms with Gasteiger partial charge in [-0.05, 0) is 13.0 Å². The summed E-state index contributed by atoms with van der Waals surface area (Å²) in [6.45, 7) is 1.50. The first-order valence-electron chi connectivity index (χ1n) is 5.31. The van der Waals surface area contributed by atoms with Crippen molar-refractivity contribution in [2.45, 2.75) is 26.3 Å². The molecule has 0 saturated carbocycles. The molecule has 0 saturated heterocycles. The molecule has 1 rings (SSSR count). The highest BCUT2D eigenvalue weighted by molar-refractivity contribution is 5.72. The fraction of sp³-hybridized carbons (Fsp3) is 0.455. The third-order valence-electron chi connectivity index (χ3n) is 2.21. The minimum Gasteiger partial charge on any atom is -0.466 e. The molecule has 2 N–H and O–H groups in total. The van der Waals surface area contributed by atoms with Crippen molar-refractivity contribution in [3.63, 3.8) is 0 Å². The average Bonchev–Trinajstić information content (AvgIpc) is 2.31. The lowest BCUT2D eigenvalue weighted by atomic mass is 10.1. The van der Waals surface area contributed by atoms with Crippen molar-refractivity contribution in [1.82, 2.24) is 4.98 Å². The van der Waals surface area contributed by atoms with Gasteiger partial charge in [-0.25, -0.2) is 13.2 Å². The fourth-order valence-electron chi connectivity index (χ4n) is 1.41. The summed E-state index contributed by atoms with van der Waals surface area (Å²) in [6, 6.07) is 0.661. The molecule has 0 spiro atoms. The summed E-state index contributed by atoms with van der Waals surface area (Å²) in [5, 5.41) is 0. The summed E-state index contributed by atoms with van der Waals surface area (Å²) in [6.07, 6.45) is -3.27. The molecule has 0 aliphatic heterocycles. The van der Waals surface area contributed by atoms with E-state index in [0.29, 0.717) is 6.07 Å². The van der Waals surface area contributed by atoms with E-state index in [1.165, 1.54) is 0 Å². The Morgan fingerprint density at radius 1 is 1.50 bits per heavy atom. The van der Waals surface area contributed by atoms with Gasteiger partial charge in [0.2, 0.25) is 0 Å². The second kappa shape index (κ2) is 6.34. The van der Waals surface area contributed by atoms with E-state index in [9.17, 15) is 18.0 Å². The van der Waals surface area contributed by atoms with E-state index >= 15 is 0 Å². The molecule has 0 fully saturated rings. The van der Waals surface area contributed by atoms with E-state index < -0.39 is 30.2 Å². The second-order valence-electron chi connectivity index (χ2n) is 3.44. The smallest absolute Gasteiger partial charge is 0.311 e. The summed E-state index contributed by atoms with van der Waals surface area (Å²) in [5.41, 5.74) is 4.35. The lowest BCUT2D eigenvalue weighted by molar-refractivity contribution is -0.142. The number of nitrogens with two attached hydrogens (primary N) is 1. The van der Waals surface area contributed by atoms with Crippen LogP contribution in [0.5, 0.6) is 0 Å². The zero-order valence-electron chi connectivity index (χ0n) is 9.75. The maximum Gasteiger partial charge on any atom is 0.311 e. The van der Waals surface area contributed by atoms with Crippen LogP contribution in [0.25, 0.3) is 0 Å². The van der Waals surface area contributed by atoms with Gasteiger partial charge in [0.15, 0.2) is 0 Å². The number of hydrogen-bond donors (Lipinski definition) is 1. The number of rotatable bonds is 5. The molecule has 1 heterocycles. The predicted octanol–water partition coefficient (Wildman–Crippen LogP) is 1.72. The number of alkyl halides is 2. The van der Waals surface area contributed by atoms with Crippen molar-refractivity contribution in [2.75, 3.05) is 6.61 Å². The minimum atomic E-state index is -2.86. The SMILES string of the molecule is CCOC(=O)Cc1nc(CN)c(C(F)F)cc1F. The van der Waals surface area contributed by atoms with Crippen LogP contribution >= 0.6 is 0 Å². The highest BCUT2D eigenvalue weighted by atomic mass is 19.3. The molecule has 0 aliphatic rings. The van der Waals surface area contributed by atoms with Gasteiger partial charge in [-0.15, -0.1) is 0 Å². The number of carbonyl (C=O) groups excluding carboxylic acids is 1. The van der Waals surface area contributed by atoms with Crippen LogP contribution in [-0.2, 0) is 22.5 Å². The highest BCUT2D eigenvalue weighted by Crippen LogP contribution is 2.23. The number of nitrogens with zero attached hydrogens (tertiary/aromatic N) is 1. The second-order valence-corrected chi connectivity index (χ2v) is 3.44. The number of pyridine rings is 1. The molecule has 18 heavy (non-hydrogen) atoms. The largest absolute Gasteiger partial charge is 0.466 e. The van der Waals surface area contributed by atoms with Crippen LogP contribution in [0.1, 0.15) is 30.3 Å². The van der Waals surface area contributed by atoms with Crippen molar-refractivity contribution in [3.05, 3.63) is 28.8 Å². The van der Waals surface area contributed by atoms with E-state index in [0.717, 1.165) is 0 Å². The Morgan fingerprint density at radius 3 is 2.67 bits per heavy atom. The van der Waals surface area contributed by atoms with E-state index in [1.54, 1.807) is 6.92 Å². The van der Waals surface area contributed by atoms with Gasteiger partial charge in [0, 0.05) is 12.1 Å². The lowest BCUT2D eigenvalue weighted by Gasteiger charge is -2.09. The Hall–Kier alpha value is -1.63.